The lowest BCUT2D eigenvalue weighted by Gasteiger charge is -2.27. The molecule has 0 saturated carbocycles. The highest BCUT2D eigenvalue weighted by Gasteiger charge is 2.22. The summed E-state index contributed by atoms with van der Waals surface area (Å²) in [4.78, 5) is 12.1. The molecular formula is C15H23BrN2O. The van der Waals surface area contributed by atoms with Crippen molar-refractivity contribution in [2.24, 2.45) is 0 Å². The number of carbonyl (C=O) groups excluding carboxylic acids is 1. The lowest BCUT2D eigenvalue weighted by atomic mass is 10.0. The van der Waals surface area contributed by atoms with E-state index >= 15 is 0 Å². The van der Waals surface area contributed by atoms with Gasteiger partial charge in [-0.05, 0) is 61.7 Å². The second-order valence-electron chi connectivity index (χ2n) is 5.53. The Hall–Kier alpha value is -1.03. The lowest BCUT2D eigenvalue weighted by molar-refractivity contribution is -0.123. The highest BCUT2D eigenvalue weighted by molar-refractivity contribution is 9.10. The number of hydrogen-bond acceptors (Lipinski definition) is 2. The minimum atomic E-state index is -0.274. The Balaban J connectivity index is 2.72. The Labute approximate surface area is 124 Å². The Morgan fingerprint density at radius 1 is 1.42 bits per heavy atom. The number of benzene rings is 1. The van der Waals surface area contributed by atoms with Crippen LogP contribution in [0.2, 0.25) is 0 Å². The molecule has 0 aliphatic heterocycles. The van der Waals surface area contributed by atoms with Gasteiger partial charge in [0.05, 0.1) is 0 Å². The summed E-state index contributed by atoms with van der Waals surface area (Å²) in [5.74, 6) is 0.0141. The maximum Gasteiger partial charge on any atom is 0.242 e. The molecule has 0 bridgehead atoms. The zero-order valence-electron chi connectivity index (χ0n) is 12.3. The molecule has 19 heavy (non-hydrogen) atoms. The highest BCUT2D eigenvalue weighted by Crippen LogP contribution is 2.26. The van der Waals surface area contributed by atoms with Crippen LogP contribution >= 0.6 is 15.9 Å². The molecule has 1 unspecified atom stereocenters. The summed E-state index contributed by atoms with van der Waals surface area (Å²) in [6.07, 6.45) is 0.902. The summed E-state index contributed by atoms with van der Waals surface area (Å²) < 4.78 is 1.00. The zero-order chi connectivity index (χ0) is 14.6. The van der Waals surface area contributed by atoms with E-state index in [1.54, 1.807) is 0 Å². The van der Waals surface area contributed by atoms with Crippen molar-refractivity contribution in [3.8, 4) is 0 Å². The third kappa shape index (κ3) is 4.53. The third-order valence-corrected chi connectivity index (χ3v) is 4.36. The van der Waals surface area contributed by atoms with Gasteiger partial charge in [-0.2, -0.15) is 0 Å². The summed E-state index contributed by atoms with van der Waals surface area (Å²) >= 11 is 3.54. The van der Waals surface area contributed by atoms with Crippen molar-refractivity contribution in [2.75, 3.05) is 5.32 Å². The average Bonchev–Trinajstić information content (AvgIpc) is 2.34. The number of halogens is 1. The quantitative estimate of drug-likeness (QED) is 0.862. The first-order valence-corrected chi connectivity index (χ1v) is 7.40. The van der Waals surface area contributed by atoms with Crippen molar-refractivity contribution < 1.29 is 4.79 Å². The minimum absolute atomic E-state index is 0.0141. The van der Waals surface area contributed by atoms with Crippen LogP contribution in [0.3, 0.4) is 0 Å². The first-order valence-electron chi connectivity index (χ1n) is 6.60. The lowest BCUT2D eigenvalue weighted by Crippen LogP contribution is -2.48. The molecule has 0 heterocycles. The summed E-state index contributed by atoms with van der Waals surface area (Å²) in [7, 11) is 0. The number of hydrogen-bond donors (Lipinski definition) is 2. The largest absolute Gasteiger partial charge is 0.373 e. The van der Waals surface area contributed by atoms with Gasteiger partial charge in [0.15, 0.2) is 0 Å². The van der Waals surface area contributed by atoms with Crippen molar-refractivity contribution in [3.05, 3.63) is 28.2 Å². The van der Waals surface area contributed by atoms with E-state index in [0.717, 1.165) is 22.1 Å². The van der Waals surface area contributed by atoms with Crippen molar-refractivity contribution in [1.29, 1.82) is 0 Å². The number of anilines is 1. The van der Waals surface area contributed by atoms with Gasteiger partial charge in [-0.15, -0.1) is 0 Å². The highest BCUT2D eigenvalue weighted by atomic mass is 79.9. The molecule has 1 amide bonds. The number of carbonyl (C=O) groups is 1. The van der Waals surface area contributed by atoms with E-state index in [1.165, 1.54) is 0 Å². The molecule has 3 nitrogen and oxygen atoms in total. The Bertz CT molecular complexity index is 457. The molecule has 4 heteroatoms. The van der Waals surface area contributed by atoms with Gasteiger partial charge in [-0.1, -0.05) is 19.1 Å². The molecule has 0 aromatic heterocycles. The van der Waals surface area contributed by atoms with Crippen LogP contribution in [0.5, 0.6) is 0 Å². The summed E-state index contributed by atoms with van der Waals surface area (Å²) in [5.41, 5.74) is 1.92. The molecule has 0 spiro atoms. The van der Waals surface area contributed by atoms with Gasteiger partial charge in [-0.3, -0.25) is 4.79 Å². The predicted octanol–water partition coefficient (Wildman–Crippen LogP) is 3.86. The molecule has 1 rings (SSSR count). The normalized spacial score (nSPS) is 12.9. The van der Waals surface area contributed by atoms with Gasteiger partial charge in [0.1, 0.15) is 6.04 Å². The van der Waals surface area contributed by atoms with Crippen molar-refractivity contribution in [1.82, 2.24) is 5.32 Å². The van der Waals surface area contributed by atoms with Crippen LogP contribution in [0.15, 0.2) is 22.7 Å². The van der Waals surface area contributed by atoms with Crippen LogP contribution in [0.1, 0.15) is 39.7 Å². The molecule has 1 aromatic rings. The molecule has 2 N–H and O–H groups in total. The van der Waals surface area contributed by atoms with Gasteiger partial charge in [-0.25, -0.2) is 0 Å². The fraction of sp³-hybridized carbons (Fsp3) is 0.533. The van der Waals surface area contributed by atoms with Gasteiger partial charge in [0, 0.05) is 15.7 Å². The average molecular weight is 327 g/mol. The molecule has 1 atom stereocenters. The molecule has 0 saturated heterocycles. The molecule has 1 aromatic carbocycles. The van der Waals surface area contributed by atoms with Gasteiger partial charge >= 0.3 is 0 Å². The van der Waals surface area contributed by atoms with Gasteiger partial charge < -0.3 is 10.6 Å². The number of rotatable bonds is 5. The SMILES string of the molecule is CCC(C)(C)NC(=O)C(C)Nc1cccc(C)c1Br. The molecule has 0 aliphatic carbocycles. The van der Waals surface area contributed by atoms with Gasteiger partial charge in [0.2, 0.25) is 5.91 Å². The number of nitrogens with one attached hydrogen (secondary N) is 2. The maximum atomic E-state index is 12.1. The van der Waals surface area contributed by atoms with Crippen LogP contribution in [-0.4, -0.2) is 17.5 Å². The van der Waals surface area contributed by atoms with Crippen molar-refractivity contribution in [3.63, 3.8) is 0 Å². The summed E-state index contributed by atoms with van der Waals surface area (Å²) in [5, 5.41) is 6.28. The van der Waals surface area contributed by atoms with Crippen molar-refractivity contribution in [2.45, 2.75) is 52.6 Å². The van der Waals surface area contributed by atoms with Crippen LogP contribution in [0.4, 0.5) is 5.69 Å². The van der Waals surface area contributed by atoms with Crippen LogP contribution in [-0.2, 0) is 4.79 Å². The molecule has 0 radical (unpaired) electrons. The van der Waals surface area contributed by atoms with E-state index in [2.05, 4.69) is 33.5 Å². The number of aryl methyl sites for hydroxylation is 1. The Morgan fingerprint density at radius 3 is 2.63 bits per heavy atom. The maximum absolute atomic E-state index is 12.1. The fourth-order valence-corrected chi connectivity index (χ4v) is 1.97. The second kappa shape index (κ2) is 6.42. The van der Waals surface area contributed by atoms with E-state index in [4.69, 9.17) is 0 Å². The van der Waals surface area contributed by atoms with Crippen LogP contribution < -0.4 is 10.6 Å². The summed E-state index contributed by atoms with van der Waals surface area (Å²) in [6.45, 7) is 10.0. The smallest absolute Gasteiger partial charge is 0.242 e. The standard InChI is InChI=1S/C15H23BrN2O/c1-6-15(4,5)18-14(19)11(3)17-12-9-7-8-10(2)13(12)16/h7-9,11,17H,6H2,1-5H3,(H,18,19). The van der Waals surface area contributed by atoms with E-state index in [9.17, 15) is 4.79 Å². The molecular weight excluding hydrogens is 304 g/mol. The van der Waals surface area contributed by atoms with E-state index in [-0.39, 0.29) is 17.5 Å². The monoisotopic (exact) mass is 326 g/mol. The van der Waals surface area contributed by atoms with E-state index in [1.807, 2.05) is 45.9 Å². The summed E-state index contributed by atoms with van der Waals surface area (Å²) in [6, 6.07) is 5.69. The zero-order valence-corrected chi connectivity index (χ0v) is 13.9. The molecule has 0 aliphatic rings. The van der Waals surface area contributed by atoms with Gasteiger partial charge in [0.25, 0.3) is 0 Å². The third-order valence-electron chi connectivity index (χ3n) is 3.30. The van der Waals surface area contributed by atoms with Crippen LogP contribution in [0, 0.1) is 6.92 Å². The minimum Gasteiger partial charge on any atom is -0.373 e. The first kappa shape index (κ1) is 16.0. The Kier molecular flexibility index (Phi) is 5.41. The molecule has 0 fully saturated rings. The second-order valence-corrected chi connectivity index (χ2v) is 6.32. The van der Waals surface area contributed by atoms with Crippen molar-refractivity contribution >= 4 is 27.5 Å². The number of amides is 1. The van der Waals surface area contributed by atoms with E-state index < -0.39 is 0 Å². The fourth-order valence-electron chi connectivity index (χ4n) is 1.59. The Morgan fingerprint density at radius 2 is 2.05 bits per heavy atom. The molecule has 106 valence electrons. The topological polar surface area (TPSA) is 41.1 Å². The van der Waals surface area contributed by atoms with E-state index in [0.29, 0.717) is 0 Å². The van der Waals surface area contributed by atoms with Crippen LogP contribution in [0.25, 0.3) is 0 Å². The predicted molar refractivity (Wildman–Crippen MR) is 84.5 cm³/mol. The first-order chi connectivity index (χ1) is 8.76.